The Morgan fingerprint density at radius 1 is 0.745 bits per heavy atom. The molecule has 1 saturated heterocycles. The Labute approximate surface area is 278 Å². The molecule has 47 heavy (non-hydrogen) atoms. The van der Waals surface area contributed by atoms with E-state index < -0.39 is 30.4 Å². The average Bonchev–Trinajstić information content (AvgIpc) is 3.11. The van der Waals surface area contributed by atoms with Crippen LogP contribution in [-0.2, 0) is 45.4 Å². The number of benzene rings is 4. The minimum absolute atomic E-state index is 0.124. The fourth-order valence-electron chi connectivity index (χ4n) is 6.06. The summed E-state index contributed by atoms with van der Waals surface area (Å²) in [5.41, 5.74) is 3.97. The molecule has 0 unspecified atom stereocenters. The Hall–Kier alpha value is -4.27. The number of rotatable bonds is 16. The van der Waals surface area contributed by atoms with Crippen molar-refractivity contribution in [2.24, 2.45) is 0 Å². The summed E-state index contributed by atoms with van der Waals surface area (Å²) >= 11 is 0. The summed E-state index contributed by atoms with van der Waals surface area (Å²) in [5, 5.41) is 11.0. The number of ether oxygens (including phenoxy) is 4. The molecule has 5 rings (SSSR count). The highest BCUT2D eigenvalue weighted by atomic mass is 16.6. The van der Waals surface area contributed by atoms with E-state index in [1.54, 1.807) is 11.0 Å². The second kappa shape index (κ2) is 18.2. The third-order valence-electron chi connectivity index (χ3n) is 8.39. The van der Waals surface area contributed by atoms with Gasteiger partial charge in [-0.05, 0) is 41.5 Å². The van der Waals surface area contributed by atoms with Crippen LogP contribution < -0.4 is 0 Å². The molecule has 0 aromatic heterocycles. The molecule has 1 fully saturated rings. The van der Waals surface area contributed by atoms with Crippen LogP contribution in [0.4, 0.5) is 4.79 Å². The van der Waals surface area contributed by atoms with Crippen molar-refractivity contribution in [3.63, 3.8) is 0 Å². The molecule has 1 N–H and O–H groups in total. The molecule has 4 aromatic rings. The van der Waals surface area contributed by atoms with Gasteiger partial charge in [0, 0.05) is 6.04 Å². The lowest BCUT2D eigenvalue weighted by molar-refractivity contribution is -0.168. The Morgan fingerprint density at radius 3 is 1.77 bits per heavy atom. The van der Waals surface area contributed by atoms with Gasteiger partial charge in [0.15, 0.2) is 0 Å². The molecule has 0 radical (unpaired) electrons. The molecule has 0 aliphatic carbocycles. The number of amides is 1. The van der Waals surface area contributed by atoms with Crippen LogP contribution in [0.3, 0.4) is 0 Å². The number of piperidine rings is 1. The highest BCUT2D eigenvalue weighted by Gasteiger charge is 2.48. The van der Waals surface area contributed by atoms with Crippen LogP contribution in [0.15, 0.2) is 134 Å². The molecule has 7 heteroatoms. The number of nitrogens with zero attached hydrogens (tertiary/aromatic N) is 1. The zero-order valence-electron chi connectivity index (χ0n) is 26.8. The number of aliphatic hydroxyl groups is 1. The maximum Gasteiger partial charge on any atom is 0.410 e. The minimum Gasteiger partial charge on any atom is -0.445 e. The fraction of sp³-hybridized carbons (Fsp3) is 0.325. The maximum atomic E-state index is 14.1. The quantitative estimate of drug-likeness (QED) is 0.129. The Morgan fingerprint density at radius 2 is 1.23 bits per heavy atom. The number of carbonyl (C=O) groups excluding carboxylic acids is 1. The molecule has 1 amide bonds. The van der Waals surface area contributed by atoms with Gasteiger partial charge in [-0.3, -0.25) is 4.90 Å². The topological polar surface area (TPSA) is 77.5 Å². The second-order valence-corrected chi connectivity index (χ2v) is 11.9. The van der Waals surface area contributed by atoms with Gasteiger partial charge in [-0.2, -0.15) is 0 Å². The van der Waals surface area contributed by atoms with Gasteiger partial charge in [-0.1, -0.05) is 127 Å². The second-order valence-electron chi connectivity index (χ2n) is 11.9. The highest BCUT2D eigenvalue weighted by Crippen LogP contribution is 2.33. The summed E-state index contributed by atoms with van der Waals surface area (Å²) in [6.07, 6.45) is 0.796. The van der Waals surface area contributed by atoms with E-state index in [-0.39, 0.29) is 19.3 Å². The molecule has 1 aliphatic heterocycles. The van der Waals surface area contributed by atoms with Gasteiger partial charge < -0.3 is 24.1 Å². The third kappa shape index (κ3) is 10.4. The lowest BCUT2D eigenvalue weighted by atomic mass is 9.87. The number of carbonyl (C=O) groups is 1. The average molecular weight is 636 g/mol. The van der Waals surface area contributed by atoms with Crippen molar-refractivity contribution < 1.29 is 28.8 Å². The predicted molar refractivity (Wildman–Crippen MR) is 182 cm³/mol. The first kappa shape index (κ1) is 34.1. The summed E-state index contributed by atoms with van der Waals surface area (Å²) in [6.45, 7) is 5.21. The number of hydrogen-bond acceptors (Lipinski definition) is 6. The molecular formula is C40H45NO6. The van der Waals surface area contributed by atoms with E-state index in [4.69, 9.17) is 18.9 Å². The first-order valence-electron chi connectivity index (χ1n) is 16.3. The van der Waals surface area contributed by atoms with Crippen LogP contribution in [0.2, 0.25) is 0 Å². The summed E-state index contributed by atoms with van der Waals surface area (Å²) < 4.78 is 25.6. The lowest BCUT2D eigenvalue weighted by Gasteiger charge is -2.49. The minimum atomic E-state index is -0.690. The SMILES string of the molecule is C=CC[C@H](O)C[C@@H]1C[C@@H](OCc2ccccc2)[C@H](OCc2ccccc2)[C@H](COCc2ccccc2)N1C(=O)OCc1ccccc1. The monoisotopic (exact) mass is 635 g/mol. The number of aliphatic hydroxyl groups excluding tert-OH is 1. The Balaban J connectivity index is 1.46. The highest BCUT2D eigenvalue weighted by molar-refractivity contribution is 5.69. The smallest absolute Gasteiger partial charge is 0.410 e. The van der Waals surface area contributed by atoms with Crippen molar-refractivity contribution in [1.29, 1.82) is 0 Å². The summed E-state index contributed by atoms with van der Waals surface area (Å²) in [7, 11) is 0. The van der Waals surface area contributed by atoms with Gasteiger partial charge in [0.2, 0.25) is 0 Å². The first-order valence-corrected chi connectivity index (χ1v) is 16.3. The molecule has 1 aliphatic rings. The Kier molecular flexibility index (Phi) is 13.2. The zero-order chi connectivity index (χ0) is 32.7. The van der Waals surface area contributed by atoms with Crippen molar-refractivity contribution in [3.05, 3.63) is 156 Å². The largest absolute Gasteiger partial charge is 0.445 e. The molecule has 0 spiro atoms. The van der Waals surface area contributed by atoms with Gasteiger partial charge in [-0.15, -0.1) is 6.58 Å². The van der Waals surface area contributed by atoms with E-state index in [0.717, 1.165) is 22.3 Å². The van der Waals surface area contributed by atoms with Crippen molar-refractivity contribution in [3.8, 4) is 0 Å². The molecule has 7 nitrogen and oxygen atoms in total. The first-order chi connectivity index (χ1) is 23.1. The molecule has 1 heterocycles. The molecular weight excluding hydrogens is 590 g/mol. The maximum absolute atomic E-state index is 14.1. The molecule has 0 saturated carbocycles. The van der Waals surface area contributed by atoms with Gasteiger partial charge >= 0.3 is 6.09 Å². The number of hydrogen-bond donors (Lipinski definition) is 1. The van der Waals surface area contributed by atoms with Crippen molar-refractivity contribution in [2.45, 2.75) is 76.1 Å². The summed E-state index contributed by atoms with van der Waals surface area (Å²) in [5.74, 6) is 0. The van der Waals surface area contributed by atoms with Crippen LogP contribution >= 0.6 is 0 Å². The summed E-state index contributed by atoms with van der Waals surface area (Å²) in [6, 6.07) is 38.6. The van der Waals surface area contributed by atoms with Gasteiger partial charge in [0.05, 0.1) is 44.7 Å². The van der Waals surface area contributed by atoms with Crippen LogP contribution in [0.1, 0.15) is 41.5 Å². The van der Waals surface area contributed by atoms with Gasteiger partial charge in [-0.25, -0.2) is 4.79 Å². The standard InChI is InChI=1S/C40H45NO6/c1-2-15-36(42)24-35-25-38(45-27-32-18-9-4-10-19-32)39(46-28-33-20-11-5-12-21-33)37(30-44-26-31-16-7-3-8-17-31)41(35)40(43)47-29-34-22-13-6-14-23-34/h2-14,16-23,35-39,42H,1,15,24-30H2/t35-,36+,37+,38-,39-/m1/s1. The van der Waals surface area contributed by atoms with Gasteiger partial charge in [0.25, 0.3) is 0 Å². The van der Waals surface area contributed by atoms with E-state index in [1.165, 1.54) is 0 Å². The van der Waals surface area contributed by atoms with Crippen LogP contribution in [-0.4, -0.2) is 53.1 Å². The Bertz CT molecular complexity index is 1470. The normalized spacial score (nSPS) is 20.0. The van der Waals surface area contributed by atoms with E-state index >= 15 is 0 Å². The van der Waals surface area contributed by atoms with Crippen LogP contribution in [0.5, 0.6) is 0 Å². The van der Waals surface area contributed by atoms with Crippen molar-refractivity contribution in [1.82, 2.24) is 4.90 Å². The predicted octanol–water partition coefficient (Wildman–Crippen LogP) is 7.48. The molecule has 4 aromatic carbocycles. The van der Waals surface area contributed by atoms with Crippen molar-refractivity contribution >= 4 is 6.09 Å². The van der Waals surface area contributed by atoms with Crippen LogP contribution in [0, 0.1) is 0 Å². The van der Waals surface area contributed by atoms with E-state index in [2.05, 4.69) is 6.58 Å². The molecule has 246 valence electrons. The number of likely N-dealkylation sites (tertiary alicyclic amines) is 1. The summed E-state index contributed by atoms with van der Waals surface area (Å²) in [4.78, 5) is 15.9. The molecule has 0 bridgehead atoms. The van der Waals surface area contributed by atoms with E-state index in [1.807, 2.05) is 121 Å². The molecule has 5 atom stereocenters. The fourth-order valence-corrected chi connectivity index (χ4v) is 6.06. The van der Waals surface area contributed by atoms with E-state index in [0.29, 0.717) is 39.1 Å². The third-order valence-corrected chi connectivity index (χ3v) is 8.39. The van der Waals surface area contributed by atoms with Crippen molar-refractivity contribution in [2.75, 3.05) is 6.61 Å². The van der Waals surface area contributed by atoms with Gasteiger partial charge in [0.1, 0.15) is 12.7 Å². The van der Waals surface area contributed by atoms with Crippen LogP contribution in [0.25, 0.3) is 0 Å². The zero-order valence-corrected chi connectivity index (χ0v) is 26.8. The van der Waals surface area contributed by atoms with E-state index in [9.17, 15) is 9.90 Å². The lowest BCUT2D eigenvalue weighted by Crippen LogP contribution is -2.64.